The molecule has 58 heavy (non-hydrogen) atoms. The van der Waals surface area contributed by atoms with E-state index in [1.807, 2.05) is 41.6 Å². The molecule has 4 aromatic carbocycles. The quantitative estimate of drug-likeness (QED) is 0.190. The molecule has 296 valence electrons. The fraction of sp³-hybridized carbons (Fsp3) is 0.298. The van der Waals surface area contributed by atoms with Gasteiger partial charge in [0.05, 0.1) is 18.8 Å². The third-order valence-electron chi connectivity index (χ3n) is 11.8. The molecule has 4 heterocycles. The Bertz CT molecular complexity index is 2430. The zero-order valence-corrected chi connectivity index (χ0v) is 33.1. The third kappa shape index (κ3) is 7.69. The molecule has 1 fully saturated rings. The highest BCUT2D eigenvalue weighted by molar-refractivity contribution is 6.08. The van der Waals surface area contributed by atoms with Crippen molar-refractivity contribution in [1.29, 1.82) is 0 Å². The molecule has 1 saturated heterocycles. The Morgan fingerprint density at radius 3 is 2.40 bits per heavy atom. The van der Waals surface area contributed by atoms with Gasteiger partial charge in [0.1, 0.15) is 11.5 Å². The lowest BCUT2D eigenvalue weighted by atomic mass is 9.89. The van der Waals surface area contributed by atoms with E-state index in [4.69, 9.17) is 15.9 Å². The van der Waals surface area contributed by atoms with Gasteiger partial charge in [0.2, 0.25) is 0 Å². The first-order chi connectivity index (χ1) is 28.1. The molecule has 3 amide bonds. The summed E-state index contributed by atoms with van der Waals surface area (Å²) in [5.74, 6) is 2.74. The summed E-state index contributed by atoms with van der Waals surface area (Å²) in [4.78, 5) is 50.6. The van der Waals surface area contributed by atoms with Crippen LogP contribution in [0, 0.1) is 19.3 Å². The highest BCUT2D eigenvalue weighted by Gasteiger charge is 2.35. The monoisotopic (exact) mass is 777 g/mol. The minimum atomic E-state index is -0.492. The van der Waals surface area contributed by atoms with Crippen molar-refractivity contribution in [1.82, 2.24) is 19.3 Å². The number of hydrogen-bond acceptors (Lipinski definition) is 7. The molecule has 11 nitrogen and oxygen atoms in total. The molecule has 11 heteroatoms. The molecule has 0 saturated carbocycles. The van der Waals surface area contributed by atoms with E-state index in [2.05, 4.69) is 35.1 Å². The number of ether oxygens (including phenoxy) is 2. The van der Waals surface area contributed by atoms with E-state index in [-0.39, 0.29) is 30.2 Å². The summed E-state index contributed by atoms with van der Waals surface area (Å²) >= 11 is 0. The molecule has 1 atom stereocenters. The van der Waals surface area contributed by atoms with E-state index in [1.165, 1.54) is 5.56 Å². The predicted molar refractivity (Wildman–Crippen MR) is 222 cm³/mol. The van der Waals surface area contributed by atoms with Gasteiger partial charge in [-0.25, -0.2) is 4.79 Å². The van der Waals surface area contributed by atoms with Crippen LogP contribution in [0.25, 0.3) is 11.3 Å². The van der Waals surface area contributed by atoms with Crippen LogP contribution in [0.1, 0.15) is 54.2 Å². The van der Waals surface area contributed by atoms with Crippen LogP contribution in [0.5, 0.6) is 11.5 Å². The highest BCUT2D eigenvalue weighted by atomic mass is 16.6. The maximum absolute atomic E-state index is 15.4. The van der Waals surface area contributed by atoms with Crippen LogP contribution < -0.4 is 9.64 Å². The average Bonchev–Trinajstić information content (AvgIpc) is 3.55. The molecule has 0 unspecified atom stereocenters. The van der Waals surface area contributed by atoms with Crippen LogP contribution in [-0.2, 0) is 37.7 Å². The standard InChI is InChI=1S/C47H47N5O6/c1-5-32-9-8-12-40(23-32)58-47(56)51-18-17-34-25-42(44-27-41(31(2)48(44)3)45(54)49(4)37-13-15-39(53)16-14-37)43(26-36(34)28-51)46(55)52-29-35-11-7-6-10-33(35)24-38(52)30-50-19-21-57-22-20-50/h1,6-16,23,25-27,38,53H,17-22,24,28-30H2,2-4H3/t38-/m0/s1. The number of phenols is 1. The number of aromatic hydroxyl groups is 1. The first-order valence-corrected chi connectivity index (χ1v) is 19.7. The highest BCUT2D eigenvalue weighted by Crippen LogP contribution is 2.36. The minimum absolute atomic E-state index is 0.0825. The zero-order chi connectivity index (χ0) is 40.5. The first kappa shape index (κ1) is 38.5. The number of fused-ring (bicyclic) bond motifs is 2. The number of terminal acetylenes is 1. The summed E-state index contributed by atoms with van der Waals surface area (Å²) in [6.07, 6.45) is 6.36. The largest absolute Gasteiger partial charge is 0.508 e. The fourth-order valence-electron chi connectivity index (χ4n) is 8.34. The lowest BCUT2D eigenvalue weighted by Crippen LogP contribution is -2.52. The van der Waals surface area contributed by atoms with Crippen molar-refractivity contribution < 1.29 is 29.0 Å². The van der Waals surface area contributed by atoms with Gasteiger partial charge in [0.25, 0.3) is 11.8 Å². The lowest BCUT2D eigenvalue weighted by Gasteiger charge is -2.41. The number of aromatic nitrogens is 1. The van der Waals surface area contributed by atoms with Crippen molar-refractivity contribution in [3.05, 3.63) is 136 Å². The van der Waals surface area contributed by atoms with Gasteiger partial charge in [-0.2, -0.15) is 0 Å². The van der Waals surface area contributed by atoms with E-state index >= 15 is 4.79 Å². The smallest absolute Gasteiger partial charge is 0.415 e. The second-order valence-electron chi connectivity index (χ2n) is 15.3. The zero-order valence-electron chi connectivity index (χ0n) is 33.1. The summed E-state index contributed by atoms with van der Waals surface area (Å²) in [6, 6.07) is 27.5. The van der Waals surface area contributed by atoms with Crippen LogP contribution in [0.2, 0.25) is 0 Å². The molecule has 0 bridgehead atoms. The minimum Gasteiger partial charge on any atom is -0.508 e. The van der Waals surface area contributed by atoms with E-state index in [1.54, 1.807) is 65.4 Å². The Hall–Kier alpha value is -6.35. The van der Waals surface area contributed by atoms with Gasteiger partial charge >= 0.3 is 6.09 Å². The maximum atomic E-state index is 15.4. The number of phenolic OH excluding ortho intramolecular Hbond substituents is 1. The Morgan fingerprint density at radius 1 is 0.879 bits per heavy atom. The van der Waals surface area contributed by atoms with Crippen LogP contribution in [0.3, 0.4) is 0 Å². The van der Waals surface area contributed by atoms with Gasteiger partial charge < -0.3 is 33.8 Å². The number of carbonyl (C=O) groups excluding carboxylic acids is 3. The molecule has 8 rings (SSSR count). The fourth-order valence-corrected chi connectivity index (χ4v) is 8.34. The second kappa shape index (κ2) is 16.3. The Balaban J connectivity index is 1.18. The van der Waals surface area contributed by atoms with E-state index in [0.29, 0.717) is 60.9 Å². The molecule has 1 aromatic heterocycles. The number of nitrogens with zero attached hydrogens (tertiary/aromatic N) is 5. The summed E-state index contributed by atoms with van der Waals surface area (Å²) in [6.45, 7) is 6.71. The Morgan fingerprint density at radius 2 is 1.64 bits per heavy atom. The topological polar surface area (TPSA) is 108 Å². The van der Waals surface area contributed by atoms with Crippen molar-refractivity contribution in [2.75, 3.05) is 51.3 Å². The van der Waals surface area contributed by atoms with Gasteiger partial charge in [0.15, 0.2) is 0 Å². The molecular formula is C47H47N5O6. The van der Waals surface area contributed by atoms with Crippen LogP contribution >= 0.6 is 0 Å². The molecule has 0 spiro atoms. The number of benzene rings is 4. The summed E-state index contributed by atoms with van der Waals surface area (Å²) in [7, 11) is 3.63. The average molecular weight is 778 g/mol. The van der Waals surface area contributed by atoms with Crippen LogP contribution in [0.15, 0.2) is 91.0 Å². The molecule has 5 aromatic rings. The number of rotatable bonds is 7. The number of morpholine rings is 1. The van der Waals surface area contributed by atoms with Gasteiger partial charge in [-0.05, 0) is 103 Å². The van der Waals surface area contributed by atoms with Crippen molar-refractivity contribution in [2.45, 2.75) is 38.9 Å². The van der Waals surface area contributed by atoms with Gasteiger partial charge in [0, 0.05) is 93.2 Å². The van der Waals surface area contributed by atoms with Gasteiger partial charge in [-0.1, -0.05) is 36.3 Å². The molecule has 1 N–H and O–H groups in total. The first-order valence-electron chi connectivity index (χ1n) is 19.7. The molecule has 0 aliphatic carbocycles. The summed E-state index contributed by atoms with van der Waals surface area (Å²) in [5.41, 5.74) is 8.74. The van der Waals surface area contributed by atoms with E-state index in [0.717, 1.165) is 59.7 Å². The summed E-state index contributed by atoms with van der Waals surface area (Å²) in [5, 5.41) is 9.84. The van der Waals surface area contributed by atoms with Crippen molar-refractivity contribution in [3.63, 3.8) is 0 Å². The number of hydrogen-bond donors (Lipinski definition) is 1. The molecule has 3 aliphatic heterocycles. The number of amides is 3. The van der Waals surface area contributed by atoms with E-state index < -0.39 is 6.09 Å². The van der Waals surface area contributed by atoms with E-state index in [9.17, 15) is 14.7 Å². The van der Waals surface area contributed by atoms with Crippen LogP contribution in [0.4, 0.5) is 10.5 Å². The Labute approximate surface area is 339 Å². The van der Waals surface area contributed by atoms with Crippen molar-refractivity contribution in [3.8, 4) is 35.1 Å². The number of anilines is 1. The molecule has 3 aliphatic rings. The van der Waals surface area contributed by atoms with Gasteiger partial charge in [-0.15, -0.1) is 6.42 Å². The molecular weight excluding hydrogens is 731 g/mol. The normalized spacial score (nSPS) is 16.6. The van der Waals surface area contributed by atoms with Crippen LogP contribution in [-0.4, -0.2) is 94.8 Å². The van der Waals surface area contributed by atoms with Gasteiger partial charge in [-0.3, -0.25) is 14.5 Å². The summed E-state index contributed by atoms with van der Waals surface area (Å²) < 4.78 is 13.4. The third-order valence-corrected chi connectivity index (χ3v) is 11.8. The number of carbonyl (C=O) groups is 3. The van der Waals surface area contributed by atoms with Crippen molar-refractivity contribution >= 4 is 23.6 Å². The second-order valence-corrected chi connectivity index (χ2v) is 15.3. The predicted octanol–water partition coefficient (Wildman–Crippen LogP) is 6.42. The lowest BCUT2D eigenvalue weighted by molar-refractivity contribution is 0.0193. The maximum Gasteiger partial charge on any atom is 0.415 e. The molecule has 0 radical (unpaired) electrons. The SMILES string of the molecule is C#Cc1cccc(OC(=O)N2CCc3cc(-c4cc(C(=O)N(C)c5ccc(O)cc5)c(C)n4C)c(C(=O)N4Cc5ccccc5C[C@H]4CN4CCOCC4)cc3C2)c1. The van der Waals surface area contributed by atoms with Crippen molar-refractivity contribution in [2.24, 2.45) is 7.05 Å². The Kier molecular flexibility index (Phi) is 10.8.